The lowest BCUT2D eigenvalue weighted by Gasteiger charge is -2.12. The van der Waals surface area contributed by atoms with E-state index < -0.39 is 12.1 Å². The first-order valence-electron chi connectivity index (χ1n) is 4.79. The molecule has 0 saturated carbocycles. The summed E-state index contributed by atoms with van der Waals surface area (Å²) in [5, 5.41) is 10.4. The Balaban J connectivity index is 3.21. The lowest BCUT2D eigenvalue weighted by Crippen LogP contribution is -2.17. The predicted octanol–water partition coefficient (Wildman–Crippen LogP) is 4.31. The van der Waals surface area contributed by atoms with E-state index in [0.29, 0.717) is 0 Å². The molecule has 0 bridgehead atoms. The predicted molar refractivity (Wildman–Crippen MR) is 72.5 cm³/mol. The summed E-state index contributed by atoms with van der Waals surface area (Å²) >= 11 is 12.4. The molecule has 0 fully saturated rings. The molecule has 20 heavy (non-hydrogen) atoms. The van der Waals surface area contributed by atoms with Crippen LogP contribution in [-0.2, 0) is 0 Å². The minimum absolute atomic E-state index is 0.0609. The molecular formula is C10H6Cl2F3N3OS. The van der Waals surface area contributed by atoms with Crippen molar-refractivity contribution in [3.05, 3.63) is 22.2 Å². The summed E-state index contributed by atoms with van der Waals surface area (Å²) < 4.78 is 40.4. The molecule has 0 aromatic heterocycles. The van der Waals surface area contributed by atoms with E-state index in [2.05, 4.69) is 15.0 Å². The van der Waals surface area contributed by atoms with Crippen LogP contribution in [0.4, 0.5) is 18.9 Å². The van der Waals surface area contributed by atoms with Gasteiger partial charge >= 0.3 is 6.36 Å². The molecule has 0 aliphatic carbocycles. The summed E-state index contributed by atoms with van der Waals surface area (Å²) in [6, 6.07) is 2.22. The summed E-state index contributed by atoms with van der Waals surface area (Å²) in [7, 11) is 0. The number of aliphatic imine (C=N–C) groups is 1. The lowest BCUT2D eigenvalue weighted by atomic mass is 10.3. The number of benzene rings is 1. The number of rotatable bonds is 2. The van der Waals surface area contributed by atoms with Gasteiger partial charge in [0, 0.05) is 6.07 Å². The fourth-order valence-corrected chi connectivity index (χ4v) is 1.80. The van der Waals surface area contributed by atoms with Crippen LogP contribution < -0.4 is 10.1 Å². The molecular weight excluding hydrogens is 338 g/mol. The van der Waals surface area contributed by atoms with Gasteiger partial charge in [0.1, 0.15) is 5.02 Å². The van der Waals surface area contributed by atoms with Gasteiger partial charge in [-0.25, -0.2) is 4.99 Å². The molecule has 0 aliphatic rings. The molecule has 1 rings (SSSR count). The zero-order valence-electron chi connectivity index (χ0n) is 9.76. The van der Waals surface area contributed by atoms with Gasteiger partial charge in [-0.2, -0.15) is 5.26 Å². The van der Waals surface area contributed by atoms with Crippen molar-refractivity contribution in [1.29, 1.82) is 5.26 Å². The maximum absolute atomic E-state index is 12.2. The number of ether oxygens (including phenoxy) is 1. The van der Waals surface area contributed by atoms with Crippen LogP contribution in [0.5, 0.6) is 5.75 Å². The molecule has 0 heterocycles. The molecule has 4 nitrogen and oxygen atoms in total. The molecule has 0 unspecified atom stereocenters. The van der Waals surface area contributed by atoms with Crippen molar-refractivity contribution < 1.29 is 17.9 Å². The number of hydrogen-bond donors (Lipinski definition) is 1. The lowest BCUT2D eigenvalue weighted by molar-refractivity contribution is -0.274. The highest BCUT2D eigenvalue weighted by Crippen LogP contribution is 2.39. The van der Waals surface area contributed by atoms with Crippen LogP contribution in [0.2, 0.25) is 10.0 Å². The molecule has 0 spiro atoms. The molecule has 0 saturated heterocycles. The van der Waals surface area contributed by atoms with Crippen molar-refractivity contribution >= 4 is 45.8 Å². The Labute approximate surface area is 126 Å². The number of amidine groups is 1. The number of halogens is 5. The molecule has 10 heteroatoms. The minimum atomic E-state index is -4.90. The molecule has 0 atom stereocenters. The standard InChI is InChI=1S/C10H6Cl2F3N3OS/c1-20-9(17-4-16)18-5-2-6(11)8(12)7(3-5)19-10(13,14)15/h2-3H,1H3,(H,17,18). The molecule has 1 aromatic carbocycles. The van der Waals surface area contributed by atoms with E-state index in [-0.39, 0.29) is 20.9 Å². The zero-order valence-corrected chi connectivity index (χ0v) is 12.1. The van der Waals surface area contributed by atoms with Gasteiger partial charge in [0.05, 0.1) is 10.7 Å². The maximum atomic E-state index is 12.2. The summed E-state index contributed by atoms with van der Waals surface area (Å²) in [5.41, 5.74) is 0.0609. The number of nitrogens with one attached hydrogen (secondary N) is 1. The van der Waals surface area contributed by atoms with Gasteiger partial charge in [-0.1, -0.05) is 35.0 Å². The normalized spacial score (nSPS) is 11.9. The Morgan fingerprint density at radius 3 is 2.60 bits per heavy atom. The third kappa shape index (κ3) is 5.00. The Hall–Kier alpha value is -1.30. The van der Waals surface area contributed by atoms with E-state index in [1.165, 1.54) is 6.07 Å². The van der Waals surface area contributed by atoms with Crippen LogP contribution in [0.1, 0.15) is 0 Å². The van der Waals surface area contributed by atoms with Crippen molar-refractivity contribution in [3.63, 3.8) is 0 Å². The van der Waals surface area contributed by atoms with Crippen molar-refractivity contribution in [2.45, 2.75) is 6.36 Å². The fraction of sp³-hybridized carbons (Fsp3) is 0.200. The fourth-order valence-electron chi connectivity index (χ4n) is 1.10. The molecule has 0 aliphatic heterocycles. The van der Waals surface area contributed by atoms with Crippen LogP contribution >= 0.6 is 35.0 Å². The summed E-state index contributed by atoms with van der Waals surface area (Å²) in [5.74, 6) is -0.664. The average molecular weight is 344 g/mol. The largest absolute Gasteiger partial charge is 0.573 e. The van der Waals surface area contributed by atoms with E-state index in [1.807, 2.05) is 0 Å². The smallest absolute Gasteiger partial charge is 0.404 e. The molecule has 1 aromatic rings. The quantitative estimate of drug-likeness (QED) is 0.376. The second kappa shape index (κ2) is 6.92. The highest BCUT2D eigenvalue weighted by molar-refractivity contribution is 8.13. The molecule has 1 N–H and O–H groups in total. The van der Waals surface area contributed by atoms with Gasteiger partial charge in [-0.05, 0) is 12.3 Å². The van der Waals surface area contributed by atoms with E-state index >= 15 is 0 Å². The summed E-state index contributed by atoms with van der Waals surface area (Å²) in [4.78, 5) is 3.92. The molecule has 0 radical (unpaired) electrons. The third-order valence-electron chi connectivity index (χ3n) is 1.79. The number of nitrogens with zero attached hydrogens (tertiary/aromatic N) is 2. The van der Waals surface area contributed by atoms with Gasteiger partial charge in [-0.15, -0.1) is 13.2 Å². The van der Waals surface area contributed by atoms with Crippen LogP contribution in [0.3, 0.4) is 0 Å². The Morgan fingerprint density at radius 2 is 2.10 bits per heavy atom. The van der Waals surface area contributed by atoms with Crippen molar-refractivity contribution in [2.24, 2.45) is 4.99 Å². The highest BCUT2D eigenvalue weighted by atomic mass is 35.5. The van der Waals surface area contributed by atoms with Crippen molar-refractivity contribution in [3.8, 4) is 11.9 Å². The monoisotopic (exact) mass is 343 g/mol. The average Bonchev–Trinajstić information content (AvgIpc) is 2.33. The summed E-state index contributed by atoms with van der Waals surface area (Å²) in [6.45, 7) is 0. The second-order valence-corrected chi connectivity index (χ2v) is 4.73. The minimum Gasteiger partial charge on any atom is -0.404 e. The van der Waals surface area contributed by atoms with E-state index in [4.69, 9.17) is 28.5 Å². The number of thioether (sulfide) groups is 1. The number of nitriles is 1. The van der Waals surface area contributed by atoms with E-state index in [1.54, 1.807) is 12.4 Å². The maximum Gasteiger partial charge on any atom is 0.573 e. The number of alkyl halides is 3. The first-order valence-corrected chi connectivity index (χ1v) is 6.77. The van der Waals surface area contributed by atoms with Crippen molar-refractivity contribution in [1.82, 2.24) is 5.32 Å². The van der Waals surface area contributed by atoms with Gasteiger partial charge in [0.25, 0.3) is 0 Å². The molecule has 108 valence electrons. The van der Waals surface area contributed by atoms with Gasteiger partial charge in [-0.3, -0.25) is 5.32 Å². The van der Waals surface area contributed by atoms with Gasteiger partial charge in [0.15, 0.2) is 17.1 Å². The molecule has 0 amide bonds. The van der Waals surface area contributed by atoms with Crippen molar-refractivity contribution in [2.75, 3.05) is 6.26 Å². The third-order valence-corrected chi connectivity index (χ3v) is 3.16. The summed E-state index contributed by atoms with van der Waals surface area (Å²) in [6.07, 6.45) is -1.62. The second-order valence-electron chi connectivity index (χ2n) is 3.15. The van der Waals surface area contributed by atoms with Gasteiger partial charge < -0.3 is 4.74 Å². The van der Waals surface area contributed by atoms with E-state index in [9.17, 15) is 13.2 Å². The zero-order chi connectivity index (χ0) is 15.3. The Morgan fingerprint density at radius 1 is 1.45 bits per heavy atom. The Kier molecular flexibility index (Phi) is 5.80. The number of hydrogen-bond acceptors (Lipinski definition) is 4. The van der Waals surface area contributed by atoms with Crippen LogP contribution in [0, 0.1) is 11.5 Å². The topological polar surface area (TPSA) is 57.4 Å². The first kappa shape index (κ1) is 16.8. The Bertz CT molecular complexity index is 572. The van der Waals surface area contributed by atoms with Crippen LogP contribution in [0.15, 0.2) is 17.1 Å². The first-order chi connectivity index (χ1) is 9.26. The van der Waals surface area contributed by atoms with Crippen LogP contribution in [0.25, 0.3) is 0 Å². The van der Waals surface area contributed by atoms with Gasteiger partial charge in [0.2, 0.25) is 0 Å². The SMILES string of the molecule is CSC(=Nc1cc(Cl)c(Cl)c(OC(F)(F)F)c1)NC#N. The highest BCUT2D eigenvalue weighted by Gasteiger charge is 2.32. The van der Waals surface area contributed by atoms with E-state index in [0.717, 1.165) is 17.8 Å². The van der Waals surface area contributed by atoms with Crippen LogP contribution in [-0.4, -0.2) is 17.8 Å².